The predicted molar refractivity (Wildman–Crippen MR) is 127 cm³/mol. The van der Waals surface area contributed by atoms with E-state index in [9.17, 15) is 9.90 Å². The number of rotatable bonds is 4. The number of aromatic nitrogens is 5. The number of likely N-dealkylation sites (tertiary alicyclic amines) is 1. The molecule has 0 bridgehead atoms. The fraction of sp³-hybridized carbons (Fsp3) is 0.417. The Morgan fingerprint density at radius 1 is 1.24 bits per heavy atom. The maximum atomic E-state index is 11.5. The first-order valence-electron chi connectivity index (χ1n) is 11.7. The van der Waals surface area contributed by atoms with Crippen LogP contribution in [-0.4, -0.2) is 73.7 Å². The second-order valence-corrected chi connectivity index (χ2v) is 9.33. The summed E-state index contributed by atoms with van der Waals surface area (Å²) >= 11 is 0. The van der Waals surface area contributed by atoms with Gasteiger partial charge in [0, 0.05) is 48.9 Å². The molecule has 0 aliphatic carbocycles. The number of amides is 1. The van der Waals surface area contributed by atoms with Crippen molar-refractivity contribution in [1.29, 1.82) is 0 Å². The molecule has 4 aromatic heterocycles. The first-order valence-corrected chi connectivity index (χ1v) is 11.7. The Morgan fingerprint density at radius 2 is 2.15 bits per heavy atom. The van der Waals surface area contributed by atoms with Gasteiger partial charge >= 0.3 is 6.09 Å². The van der Waals surface area contributed by atoms with Gasteiger partial charge in [-0.2, -0.15) is 5.10 Å². The first kappa shape index (κ1) is 20.8. The molecule has 10 nitrogen and oxygen atoms in total. The highest BCUT2D eigenvalue weighted by Crippen LogP contribution is 2.41. The lowest BCUT2D eigenvalue weighted by Crippen LogP contribution is -2.46. The number of nitrogens with one attached hydrogen (secondary N) is 1. The zero-order chi connectivity index (χ0) is 23.3. The van der Waals surface area contributed by atoms with Gasteiger partial charge in [-0.3, -0.25) is 5.10 Å². The Morgan fingerprint density at radius 3 is 2.94 bits per heavy atom. The van der Waals surface area contributed by atoms with Gasteiger partial charge in [0.05, 0.1) is 29.9 Å². The van der Waals surface area contributed by atoms with Crippen molar-refractivity contribution in [2.24, 2.45) is 5.41 Å². The van der Waals surface area contributed by atoms with E-state index < -0.39 is 6.09 Å². The molecule has 0 radical (unpaired) electrons. The van der Waals surface area contributed by atoms with Crippen LogP contribution in [-0.2, 0) is 0 Å². The van der Waals surface area contributed by atoms with Gasteiger partial charge in [0.15, 0.2) is 5.65 Å². The Hall–Kier alpha value is -3.82. The number of piperidine rings is 1. The predicted octanol–water partition coefficient (Wildman–Crippen LogP) is 3.64. The van der Waals surface area contributed by atoms with E-state index in [-0.39, 0.29) is 5.41 Å². The zero-order valence-electron chi connectivity index (χ0n) is 19.1. The van der Waals surface area contributed by atoms with Crippen molar-refractivity contribution in [2.75, 3.05) is 37.7 Å². The summed E-state index contributed by atoms with van der Waals surface area (Å²) in [6.45, 7) is 5.51. The summed E-state index contributed by atoms with van der Waals surface area (Å²) in [7, 11) is 0. The number of carboxylic acid groups (broad SMARTS) is 1. The third kappa shape index (κ3) is 3.41. The molecule has 2 N–H and O–H groups in total. The number of aromatic amines is 1. The minimum absolute atomic E-state index is 0.0272. The summed E-state index contributed by atoms with van der Waals surface area (Å²) in [5.41, 5.74) is 3.67. The summed E-state index contributed by atoms with van der Waals surface area (Å²) in [6, 6.07) is 6.16. The van der Waals surface area contributed by atoms with Gasteiger partial charge in [-0.1, -0.05) is 0 Å². The van der Waals surface area contributed by atoms with Gasteiger partial charge in [-0.25, -0.2) is 14.3 Å². The van der Waals surface area contributed by atoms with Crippen LogP contribution >= 0.6 is 0 Å². The van der Waals surface area contributed by atoms with E-state index >= 15 is 0 Å². The van der Waals surface area contributed by atoms with Gasteiger partial charge < -0.3 is 19.6 Å². The molecular formula is C24H27N7O3. The number of ether oxygens (including phenoxy) is 1. The van der Waals surface area contributed by atoms with Crippen molar-refractivity contribution in [3.05, 3.63) is 36.8 Å². The van der Waals surface area contributed by atoms with Gasteiger partial charge in [-0.05, 0) is 44.4 Å². The van der Waals surface area contributed by atoms with Crippen LogP contribution in [0.25, 0.3) is 27.7 Å². The third-order valence-electron chi connectivity index (χ3n) is 7.17. The fourth-order valence-electron chi connectivity index (χ4n) is 5.57. The van der Waals surface area contributed by atoms with Crippen LogP contribution in [0.15, 0.2) is 36.8 Å². The normalized spacial score (nSPS) is 20.6. The zero-order valence-corrected chi connectivity index (χ0v) is 19.1. The van der Waals surface area contributed by atoms with Gasteiger partial charge in [0.1, 0.15) is 11.6 Å². The van der Waals surface area contributed by atoms with Gasteiger partial charge in [0.2, 0.25) is 0 Å². The van der Waals surface area contributed by atoms with E-state index in [0.717, 1.165) is 71.6 Å². The van der Waals surface area contributed by atoms with Crippen molar-refractivity contribution in [1.82, 2.24) is 29.7 Å². The third-order valence-corrected chi connectivity index (χ3v) is 7.17. The molecule has 176 valence electrons. The molecule has 2 aliphatic heterocycles. The lowest BCUT2D eigenvalue weighted by atomic mass is 9.79. The minimum Gasteiger partial charge on any atom is -0.492 e. The molecule has 34 heavy (non-hydrogen) atoms. The molecule has 0 saturated carbocycles. The largest absolute Gasteiger partial charge is 0.492 e. The van der Waals surface area contributed by atoms with Crippen LogP contribution in [0.1, 0.15) is 26.2 Å². The molecule has 2 saturated heterocycles. The quantitative estimate of drug-likeness (QED) is 0.477. The van der Waals surface area contributed by atoms with Crippen molar-refractivity contribution in [3.8, 4) is 16.9 Å². The van der Waals surface area contributed by atoms with E-state index in [1.807, 2.05) is 29.9 Å². The standard InChI is InChI=1S/C24H27N7O3/c1-2-34-17-10-18(21-19-12-26-27-22(19)28-31(21)13-17)16-4-5-20(25-11-16)29-9-7-24(14-29)6-3-8-30(15-24)23(32)33/h4-5,10-13H,2-3,6-9,14-15H2,1H3,(H,27,28)(H,32,33). The van der Waals surface area contributed by atoms with Crippen molar-refractivity contribution in [2.45, 2.75) is 26.2 Å². The lowest BCUT2D eigenvalue weighted by Gasteiger charge is -2.39. The average Bonchev–Trinajstić information content (AvgIpc) is 3.54. The van der Waals surface area contributed by atoms with E-state index in [2.05, 4.69) is 32.3 Å². The maximum absolute atomic E-state index is 11.5. The Balaban J connectivity index is 1.30. The Kier molecular flexibility index (Phi) is 4.82. The molecule has 2 fully saturated rings. The average molecular weight is 462 g/mol. The summed E-state index contributed by atoms with van der Waals surface area (Å²) in [4.78, 5) is 20.2. The van der Waals surface area contributed by atoms with E-state index in [0.29, 0.717) is 19.7 Å². The van der Waals surface area contributed by atoms with Gasteiger partial charge in [-0.15, -0.1) is 5.10 Å². The highest BCUT2D eigenvalue weighted by molar-refractivity contribution is 6.00. The first-order chi connectivity index (χ1) is 16.5. The summed E-state index contributed by atoms with van der Waals surface area (Å²) < 4.78 is 7.61. The highest BCUT2D eigenvalue weighted by atomic mass is 16.5. The van der Waals surface area contributed by atoms with E-state index in [1.165, 1.54) is 0 Å². The lowest BCUT2D eigenvalue weighted by molar-refractivity contribution is 0.0879. The number of pyridine rings is 2. The van der Waals surface area contributed by atoms with Crippen LogP contribution in [0, 0.1) is 5.41 Å². The van der Waals surface area contributed by atoms with Crippen molar-refractivity contribution < 1.29 is 14.6 Å². The molecule has 4 aromatic rings. The molecule has 1 unspecified atom stereocenters. The maximum Gasteiger partial charge on any atom is 0.407 e. The molecular weight excluding hydrogens is 434 g/mol. The summed E-state index contributed by atoms with van der Waals surface area (Å²) in [5, 5.41) is 22.1. The molecule has 6 heterocycles. The van der Waals surface area contributed by atoms with Crippen LogP contribution in [0.3, 0.4) is 0 Å². The summed E-state index contributed by atoms with van der Waals surface area (Å²) in [5.74, 6) is 1.67. The second-order valence-electron chi connectivity index (χ2n) is 9.33. The number of hydrogen-bond acceptors (Lipinski definition) is 6. The van der Waals surface area contributed by atoms with E-state index in [1.54, 1.807) is 11.1 Å². The van der Waals surface area contributed by atoms with Crippen LogP contribution in [0.5, 0.6) is 5.75 Å². The monoisotopic (exact) mass is 461 g/mol. The molecule has 1 spiro atoms. The number of H-pyrrole nitrogens is 1. The molecule has 6 rings (SSSR count). The molecule has 2 aliphatic rings. The highest BCUT2D eigenvalue weighted by Gasteiger charge is 2.42. The van der Waals surface area contributed by atoms with Crippen molar-refractivity contribution in [3.63, 3.8) is 0 Å². The molecule has 1 atom stereocenters. The Bertz CT molecular complexity index is 1360. The van der Waals surface area contributed by atoms with Gasteiger partial charge in [0.25, 0.3) is 0 Å². The number of carbonyl (C=O) groups is 1. The number of hydrogen-bond donors (Lipinski definition) is 2. The topological polar surface area (TPSA) is 112 Å². The van der Waals surface area contributed by atoms with Crippen LogP contribution in [0.2, 0.25) is 0 Å². The number of anilines is 1. The smallest absolute Gasteiger partial charge is 0.407 e. The minimum atomic E-state index is -0.813. The van der Waals surface area contributed by atoms with E-state index in [4.69, 9.17) is 9.72 Å². The SMILES string of the molecule is CCOc1cc(-c2ccc(N3CCC4(CCCN(C(=O)O)C4)C3)nc2)c2c3cn[nH]c3nn2c1. The molecule has 10 heteroatoms. The van der Waals surface area contributed by atoms with Crippen molar-refractivity contribution >= 4 is 28.5 Å². The molecule has 0 aromatic carbocycles. The van der Waals surface area contributed by atoms with Crippen LogP contribution in [0.4, 0.5) is 10.6 Å². The van der Waals surface area contributed by atoms with Crippen LogP contribution < -0.4 is 9.64 Å². The Labute approximate surface area is 196 Å². The summed E-state index contributed by atoms with van der Waals surface area (Å²) in [6.07, 6.45) is 7.73. The molecule has 1 amide bonds. The number of fused-ring (bicyclic) bond motifs is 3. The number of nitrogens with zero attached hydrogens (tertiary/aromatic N) is 6. The second kappa shape index (κ2) is 7.89. The fourth-order valence-corrected chi connectivity index (χ4v) is 5.57.